The maximum Gasteiger partial charge on any atom is 0.243 e. The van der Waals surface area contributed by atoms with E-state index in [-0.39, 0.29) is 42.8 Å². The highest BCUT2D eigenvalue weighted by Crippen LogP contribution is 2.18. The second-order valence-electron chi connectivity index (χ2n) is 7.85. The lowest BCUT2D eigenvalue weighted by atomic mass is 9.96. The van der Waals surface area contributed by atoms with Crippen LogP contribution in [0.5, 0.6) is 0 Å². The Kier molecular flexibility index (Phi) is 7.16. The van der Waals surface area contributed by atoms with E-state index in [0.717, 1.165) is 12.1 Å². The summed E-state index contributed by atoms with van der Waals surface area (Å²) in [5, 5.41) is 2.74. The zero-order valence-corrected chi connectivity index (χ0v) is 17.4. The number of amides is 2. The summed E-state index contributed by atoms with van der Waals surface area (Å²) in [5.41, 5.74) is -0.513. The average Bonchev–Trinajstić information content (AvgIpc) is 2.88. The quantitative estimate of drug-likeness (QED) is 0.794. The van der Waals surface area contributed by atoms with Crippen molar-refractivity contribution in [3.05, 3.63) is 30.1 Å². The second kappa shape index (κ2) is 9.00. The molecule has 1 aliphatic rings. The molecule has 1 saturated heterocycles. The summed E-state index contributed by atoms with van der Waals surface area (Å²) >= 11 is 0. The van der Waals surface area contributed by atoms with E-state index < -0.39 is 21.3 Å². The molecule has 0 bridgehead atoms. The van der Waals surface area contributed by atoms with Gasteiger partial charge in [0, 0.05) is 44.6 Å². The Morgan fingerprint density at radius 2 is 1.71 bits per heavy atom. The number of hydrogen-bond donors (Lipinski definition) is 1. The molecular formula is C19H28FN3O4S. The van der Waals surface area contributed by atoms with Gasteiger partial charge in [-0.05, 0) is 30.7 Å². The monoisotopic (exact) mass is 413 g/mol. The van der Waals surface area contributed by atoms with Gasteiger partial charge in [0.15, 0.2) is 0 Å². The van der Waals surface area contributed by atoms with Gasteiger partial charge in [-0.2, -0.15) is 4.31 Å². The van der Waals surface area contributed by atoms with E-state index in [1.54, 1.807) is 25.7 Å². The molecule has 1 fully saturated rings. The highest BCUT2D eigenvalue weighted by molar-refractivity contribution is 7.89. The molecule has 0 aliphatic carbocycles. The van der Waals surface area contributed by atoms with Crippen molar-refractivity contribution in [2.75, 3.05) is 32.7 Å². The summed E-state index contributed by atoms with van der Waals surface area (Å²) in [5.74, 6) is -0.729. The van der Waals surface area contributed by atoms with Gasteiger partial charge in [-0.3, -0.25) is 9.59 Å². The number of carbonyl (C=O) groups is 2. The number of nitrogens with one attached hydrogen (secondary N) is 1. The molecule has 0 radical (unpaired) electrons. The van der Waals surface area contributed by atoms with Crippen LogP contribution in [-0.4, -0.2) is 62.2 Å². The first-order valence-electron chi connectivity index (χ1n) is 9.33. The first-order chi connectivity index (χ1) is 13.0. The fourth-order valence-corrected chi connectivity index (χ4v) is 4.32. The Labute approximate surface area is 165 Å². The third kappa shape index (κ3) is 5.75. The SMILES string of the molecule is CC(C)(C)C(=O)NCCC(=O)N1CCCN(S(=O)(=O)c2ccc(F)cc2)CC1. The summed E-state index contributed by atoms with van der Waals surface area (Å²) in [7, 11) is -3.72. The minimum Gasteiger partial charge on any atom is -0.355 e. The summed E-state index contributed by atoms with van der Waals surface area (Å²) in [4.78, 5) is 25.9. The first-order valence-corrected chi connectivity index (χ1v) is 10.8. The fourth-order valence-electron chi connectivity index (χ4n) is 2.85. The van der Waals surface area contributed by atoms with Crippen LogP contribution in [-0.2, 0) is 19.6 Å². The van der Waals surface area contributed by atoms with Crippen molar-refractivity contribution in [2.45, 2.75) is 38.5 Å². The number of hydrogen-bond acceptors (Lipinski definition) is 4. The largest absolute Gasteiger partial charge is 0.355 e. The van der Waals surface area contributed by atoms with E-state index >= 15 is 0 Å². The molecule has 9 heteroatoms. The van der Waals surface area contributed by atoms with Crippen molar-refractivity contribution in [1.82, 2.24) is 14.5 Å². The highest BCUT2D eigenvalue weighted by atomic mass is 32.2. The lowest BCUT2D eigenvalue weighted by Crippen LogP contribution is -2.40. The van der Waals surface area contributed by atoms with Crippen LogP contribution in [0.2, 0.25) is 0 Å². The molecule has 28 heavy (non-hydrogen) atoms. The van der Waals surface area contributed by atoms with Gasteiger partial charge in [-0.15, -0.1) is 0 Å². The van der Waals surface area contributed by atoms with Crippen LogP contribution >= 0.6 is 0 Å². The van der Waals surface area contributed by atoms with Gasteiger partial charge >= 0.3 is 0 Å². The van der Waals surface area contributed by atoms with E-state index in [1.165, 1.54) is 16.4 Å². The smallest absolute Gasteiger partial charge is 0.243 e. The number of rotatable bonds is 5. The molecule has 1 N–H and O–H groups in total. The predicted octanol–water partition coefficient (Wildman–Crippen LogP) is 1.60. The number of nitrogens with zero attached hydrogens (tertiary/aromatic N) is 2. The van der Waals surface area contributed by atoms with Crippen LogP contribution in [0.1, 0.15) is 33.6 Å². The van der Waals surface area contributed by atoms with Crippen molar-refractivity contribution < 1.29 is 22.4 Å². The van der Waals surface area contributed by atoms with Crippen molar-refractivity contribution in [3.63, 3.8) is 0 Å². The van der Waals surface area contributed by atoms with Gasteiger partial charge in [-0.1, -0.05) is 20.8 Å². The fraction of sp³-hybridized carbons (Fsp3) is 0.579. The van der Waals surface area contributed by atoms with E-state index in [9.17, 15) is 22.4 Å². The Balaban J connectivity index is 1.91. The van der Waals surface area contributed by atoms with E-state index in [1.807, 2.05) is 0 Å². The normalized spacial score (nSPS) is 16.5. The number of sulfonamides is 1. The third-order valence-corrected chi connectivity index (χ3v) is 6.48. The van der Waals surface area contributed by atoms with Gasteiger partial charge in [0.25, 0.3) is 0 Å². The molecule has 156 valence electrons. The molecule has 7 nitrogen and oxygen atoms in total. The standard InChI is InChI=1S/C19H28FN3O4S/c1-19(2,3)18(25)21-10-9-17(24)22-11-4-12-23(14-13-22)28(26,27)16-7-5-15(20)6-8-16/h5-8H,4,9-14H2,1-3H3,(H,21,25). The molecule has 1 aromatic rings. The van der Waals surface area contributed by atoms with Gasteiger partial charge in [0.2, 0.25) is 21.8 Å². The number of benzene rings is 1. The average molecular weight is 414 g/mol. The van der Waals surface area contributed by atoms with Crippen molar-refractivity contribution >= 4 is 21.8 Å². The molecular weight excluding hydrogens is 385 g/mol. The molecule has 0 atom stereocenters. The van der Waals surface area contributed by atoms with Gasteiger partial charge in [0.05, 0.1) is 4.90 Å². The summed E-state index contributed by atoms with van der Waals surface area (Å²) < 4.78 is 39.8. The topological polar surface area (TPSA) is 86.8 Å². The molecule has 0 unspecified atom stereocenters. The minimum absolute atomic E-state index is 0.0403. The Hall–Kier alpha value is -2.00. The molecule has 1 aliphatic heterocycles. The summed E-state index contributed by atoms with van der Waals surface area (Å²) in [6.07, 6.45) is 0.688. The molecule has 0 aromatic heterocycles. The van der Waals surface area contributed by atoms with Crippen LogP contribution in [0.15, 0.2) is 29.2 Å². The van der Waals surface area contributed by atoms with Gasteiger partial charge < -0.3 is 10.2 Å². The molecule has 2 amide bonds. The van der Waals surface area contributed by atoms with Crippen LogP contribution < -0.4 is 5.32 Å². The van der Waals surface area contributed by atoms with Crippen LogP contribution in [0.25, 0.3) is 0 Å². The van der Waals surface area contributed by atoms with E-state index in [2.05, 4.69) is 5.32 Å². The number of carbonyl (C=O) groups excluding carboxylic acids is 2. The minimum atomic E-state index is -3.72. The van der Waals surface area contributed by atoms with Gasteiger partial charge in [-0.25, -0.2) is 12.8 Å². The molecule has 0 saturated carbocycles. The van der Waals surface area contributed by atoms with E-state index in [4.69, 9.17) is 0 Å². The maximum absolute atomic E-state index is 13.1. The Morgan fingerprint density at radius 1 is 1.07 bits per heavy atom. The lowest BCUT2D eigenvalue weighted by Gasteiger charge is -2.22. The highest BCUT2D eigenvalue weighted by Gasteiger charge is 2.28. The third-order valence-electron chi connectivity index (χ3n) is 4.56. The van der Waals surface area contributed by atoms with Crippen molar-refractivity contribution in [2.24, 2.45) is 5.41 Å². The van der Waals surface area contributed by atoms with Crippen LogP contribution in [0, 0.1) is 11.2 Å². The van der Waals surface area contributed by atoms with Crippen LogP contribution in [0.4, 0.5) is 4.39 Å². The lowest BCUT2D eigenvalue weighted by molar-refractivity contribution is -0.131. The summed E-state index contributed by atoms with van der Waals surface area (Å²) in [6.45, 7) is 6.88. The van der Waals surface area contributed by atoms with Crippen molar-refractivity contribution in [3.8, 4) is 0 Å². The summed E-state index contributed by atoms with van der Waals surface area (Å²) in [6, 6.07) is 4.73. The molecule has 2 rings (SSSR count). The zero-order chi connectivity index (χ0) is 20.9. The number of halogens is 1. The molecule has 0 spiro atoms. The molecule has 1 aromatic carbocycles. The maximum atomic E-state index is 13.1. The second-order valence-corrected chi connectivity index (χ2v) is 9.79. The predicted molar refractivity (Wildman–Crippen MR) is 103 cm³/mol. The molecule has 1 heterocycles. The Bertz CT molecular complexity index is 803. The van der Waals surface area contributed by atoms with Crippen molar-refractivity contribution in [1.29, 1.82) is 0 Å². The van der Waals surface area contributed by atoms with E-state index in [0.29, 0.717) is 19.5 Å². The Morgan fingerprint density at radius 3 is 2.32 bits per heavy atom. The van der Waals surface area contributed by atoms with Crippen LogP contribution in [0.3, 0.4) is 0 Å². The zero-order valence-electron chi connectivity index (χ0n) is 16.6. The van der Waals surface area contributed by atoms with Gasteiger partial charge in [0.1, 0.15) is 5.82 Å². The first kappa shape index (κ1) is 22.3.